The maximum atomic E-state index is 14.4. The van der Waals surface area contributed by atoms with Crippen molar-refractivity contribution in [3.8, 4) is 17.2 Å². The zero-order chi connectivity index (χ0) is 27.8. The van der Waals surface area contributed by atoms with Crippen molar-refractivity contribution in [2.45, 2.75) is 28.8 Å². The second kappa shape index (κ2) is 10.6. The van der Waals surface area contributed by atoms with Crippen molar-refractivity contribution in [1.82, 2.24) is 34.2 Å². The second-order valence-electron chi connectivity index (χ2n) is 9.86. The van der Waals surface area contributed by atoms with E-state index in [1.54, 1.807) is 15.6 Å². The van der Waals surface area contributed by atoms with E-state index in [9.17, 15) is 19.2 Å². The molecular weight excluding hydrogens is 531 g/mol. The predicted octanol–water partition coefficient (Wildman–Crippen LogP) is 3.56. The standard InChI is InChI=1S/C28H25FN8O2S/c1-2-25(38)35-14-21(15-35)28(39)34-8-5-22(6-9-34)36-17-20(13-32-36)18-10-24(40-27-23(29)4-3-7-31-27)26-19(11-30)12-33-37(26)16-18/h2-4,7,10,12-13,16-17,21-22H,1,5-6,8-9,14-15H2. The molecule has 4 aromatic heterocycles. The van der Waals surface area contributed by atoms with E-state index in [1.165, 1.54) is 30.6 Å². The lowest BCUT2D eigenvalue weighted by Crippen LogP contribution is -2.57. The lowest BCUT2D eigenvalue weighted by molar-refractivity contribution is -0.147. The van der Waals surface area contributed by atoms with Crippen LogP contribution in [0.15, 0.2) is 71.8 Å². The Balaban J connectivity index is 1.17. The molecule has 2 amide bonds. The van der Waals surface area contributed by atoms with Crippen LogP contribution in [0.2, 0.25) is 0 Å². The van der Waals surface area contributed by atoms with Crippen LogP contribution in [-0.4, -0.2) is 72.2 Å². The van der Waals surface area contributed by atoms with Gasteiger partial charge in [-0.25, -0.2) is 13.9 Å². The van der Waals surface area contributed by atoms with Gasteiger partial charge in [0, 0.05) is 60.8 Å². The van der Waals surface area contributed by atoms with Crippen LogP contribution in [-0.2, 0) is 9.59 Å². The molecule has 0 saturated carbocycles. The fourth-order valence-electron chi connectivity index (χ4n) is 5.19. The molecule has 2 saturated heterocycles. The number of rotatable bonds is 6. The summed E-state index contributed by atoms with van der Waals surface area (Å²) in [7, 11) is 0. The van der Waals surface area contributed by atoms with Crippen LogP contribution in [0.3, 0.4) is 0 Å². The SMILES string of the molecule is C=CC(=O)N1CC(C(=O)N2CCC(n3cc(-c4cc(Sc5ncccc5F)c5c(C#N)cnn5c4)cn3)CC2)C1. The fraction of sp³-hybridized carbons (Fsp3) is 0.286. The molecule has 6 heterocycles. The highest BCUT2D eigenvalue weighted by Gasteiger charge is 2.38. The number of hydrogen-bond acceptors (Lipinski definition) is 7. The minimum atomic E-state index is -0.438. The molecule has 10 nitrogen and oxygen atoms in total. The summed E-state index contributed by atoms with van der Waals surface area (Å²) in [6.07, 6.45) is 11.4. The third kappa shape index (κ3) is 4.73. The monoisotopic (exact) mass is 556 g/mol. The number of piperidine rings is 1. The number of likely N-dealkylation sites (tertiary alicyclic amines) is 2. The van der Waals surface area contributed by atoms with Crippen LogP contribution in [0.1, 0.15) is 24.4 Å². The molecule has 40 heavy (non-hydrogen) atoms. The molecule has 2 aliphatic heterocycles. The van der Waals surface area contributed by atoms with Gasteiger partial charge in [-0.3, -0.25) is 14.3 Å². The summed E-state index contributed by atoms with van der Waals surface area (Å²) in [5, 5.41) is 18.8. The number of nitrogens with zero attached hydrogens (tertiary/aromatic N) is 8. The maximum absolute atomic E-state index is 14.4. The van der Waals surface area contributed by atoms with Crippen molar-refractivity contribution < 1.29 is 14.0 Å². The molecule has 2 fully saturated rings. The van der Waals surface area contributed by atoms with Gasteiger partial charge in [0.2, 0.25) is 11.8 Å². The quantitative estimate of drug-likeness (QED) is 0.334. The van der Waals surface area contributed by atoms with Crippen molar-refractivity contribution in [1.29, 1.82) is 5.26 Å². The van der Waals surface area contributed by atoms with Crippen LogP contribution in [0.25, 0.3) is 16.6 Å². The number of aromatic nitrogens is 5. The highest BCUT2D eigenvalue weighted by molar-refractivity contribution is 7.99. The van der Waals surface area contributed by atoms with E-state index in [2.05, 4.69) is 27.8 Å². The van der Waals surface area contributed by atoms with Crippen LogP contribution >= 0.6 is 11.8 Å². The maximum Gasteiger partial charge on any atom is 0.246 e. The zero-order valence-corrected chi connectivity index (χ0v) is 22.3. The average molecular weight is 557 g/mol. The van der Waals surface area contributed by atoms with E-state index in [1.807, 2.05) is 28.0 Å². The first kappa shape index (κ1) is 25.8. The van der Waals surface area contributed by atoms with Gasteiger partial charge in [0.05, 0.1) is 35.4 Å². The molecule has 0 radical (unpaired) electrons. The fourth-order valence-corrected chi connectivity index (χ4v) is 6.17. The number of amides is 2. The Hall–Kier alpha value is -4.50. The minimum Gasteiger partial charge on any atom is -0.342 e. The predicted molar refractivity (Wildman–Crippen MR) is 145 cm³/mol. The first-order valence-corrected chi connectivity index (χ1v) is 13.7. The first-order valence-electron chi connectivity index (χ1n) is 12.9. The summed E-state index contributed by atoms with van der Waals surface area (Å²) in [6.45, 7) is 5.68. The number of fused-ring (bicyclic) bond motifs is 1. The third-order valence-corrected chi connectivity index (χ3v) is 8.46. The van der Waals surface area contributed by atoms with E-state index >= 15 is 0 Å². The molecule has 0 bridgehead atoms. The number of hydrogen-bond donors (Lipinski definition) is 0. The van der Waals surface area contributed by atoms with Crippen molar-refractivity contribution in [3.63, 3.8) is 0 Å². The molecule has 6 rings (SSSR count). The number of nitriles is 1. The number of halogens is 1. The molecule has 0 aliphatic carbocycles. The molecule has 202 valence electrons. The van der Waals surface area contributed by atoms with Crippen molar-refractivity contribution >= 4 is 29.1 Å². The summed E-state index contributed by atoms with van der Waals surface area (Å²) in [6, 6.07) is 7.09. The number of carbonyl (C=O) groups excluding carboxylic acids is 2. The van der Waals surface area contributed by atoms with Crippen LogP contribution in [0.5, 0.6) is 0 Å². The molecule has 12 heteroatoms. The Morgan fingerprint density at radius 2 is 1.93 bits per heavy atom. The molecule has 0 unspecified atom stereocenters. The van der Waals surface area contributed by atoms with Gasteiger partial charge in [-0.05, 0) is 37.1 Å². The molecule has 0 N–H and O–H groups in total. The van der Waals surface area contributed by atoms with Gasteiger partial charge in [-0.2, -0.15) is 15.5 Å². The molecule has 0 aromatic carbocycles. The van der Waals surface area contributed by atoms with Gasteiger partial charge < -0.3 is 9.80 Å². The van der Waals surface area contributed by atoms with Gasteiger partial charge in [-0.15, -0.1) is 0 Å². The summed E-state index contributed by atoms with van der Waals surface area (Å²) < 4.78 is 18.0. The van der Waals surface area contributed by atoms with Crippen molar-refractivity contribution in [2.75, 3.05) is 26.2 Å². The Labute approximate surface area is 233 Å². The smallest absolute Gasteiger partial charge is 0.246 e. The Bertz CT molecular complexity index is 1660. The van der Waals surface area contributed by atoms with E-state index in [-0.39, 0.29) is 28.8 Å². The van der Waals surface area contributed by atoms with Gasteiger partial charge in [0.15, 0.2) is 5.82 Å². The molecule has 0 spiro atoms. The van der Waals surface area contributed by atoms with E-state index in [4.69, 9.17) is 0 Å². The normalized spacial score (nSPS) is 16.1. The Morgan fingerprint density at radius 3 is 2.65 bits per heavy atom. The average Bonchev–Trinajstić information content (AvgIpc) is 3.61. The van der Waals surface area contributed by atoms with Crippen molar-refractivity contribution in [3.05, 3.63) is 73.2 Å². The second-order valence-corrected chi connectivity index (χ2v) is 10.9. The summed E-state index contributed by atoms with van der Waals surface area (Å²) >= 11 is 1.15. The Kier molecular flexibility index (Phi) is 6.81. The third-order valence-electron chi connectivity index (χ3n) is 7.43. The number of carbonyl (C=O) groups is 2. The molecule has 0 atom stereocenters. The molecular formula is C28H25FN8O2S. The van der Waals surface area contributed by atoms with Crippen LogP contribution < -0.4 is 0 Å². The van der Waals surface area contributed by atoms with E-state index < -0.39 is 5.82 Å². The van der Waals surface area contributed by atoms with Gasteiger partial charge in [0.25, 0.3) is 0 Å². The lowest BCUT2D eigenvalue weighted by atomic mass is 9.96. The van der Waals surface area contributed by atoms with Gasteiger partial charge >= 0.3 is 0 Å². The van der Waals surface area contributed by atoms with E-state index in [0.717, 1.165) is 35.7 Å². The van der Waals surface area contributed by atoms with Gasteiger partial charge in [-0.1, -0.05) is 18.3 Å². The largest absolute Gasteiger partial charge is 0.342 e. The van der Waals surface area contributed by atoms with E-state index in [0.29, 0.717) is 42.2 Å². The highest BCUT2D eigenvalue weighted by Crippen LogP contribution is 2.36. The summed E-state index contributed by atoms with van der Waals surface area (Å²) in [5.41, 5.74) is 2.67. The van der Waals surface area contributed by atoms with Gasteiger partial charge in [0.1, 0.15) is 11.1 Å². The number of pyridine rings is 2. The minimum absolute atomic E-state index is 0.103. The Morgan fingerprint density at radius 1 is 1.12 bits per heavy atom. The molecule has 4 aromatic rings. The molecule has 2 aliphatic rings. The topological polar surface area (TPSA) is 112 Å². The van der Waals surface area contributed by atoms with Crippen LogP contribution in [0.4, 0.5) is 4.39 Å². The van der Waals surface area contributed by atoms with Crippen molar-refractivity contribution in [2.24, 2.45) is 5.92 Å². The first-order chi connectivity index (χ1) is 19.4. The highest BCUT2D eigenvalue weighted by atomic mass is 32.2. The summed E-state index contributed by atoms with van der Waals surface area (Å²) in [5.74, 6) is -0.607. The van der Waals surface area contributed by atoms with Crippen LogP contribution in [0, 0.1) is 23.1 Å². The zero-order valence-electron chi connectivity index (χ0n) is 21.5. The summed E-state index contributed by atoms with van der Waals surface area (Å²) in [4.78, 5) is 32.9. The lowest BCUT2D eigenvalue weighted by Gasteiger charge is -2.41.